The molecule has 1 saturated carbocycles. The molecule has 0 aromatic heterocycles. The van der Waals surface area contributed by atoms with Gasteiger partial charge in [0, 0.05) is 12.1 Å². The lowest BCUT2D eigenvalue weighted by Crippen LogP contribution is -2.42. The molecule has 1 aromatic carbocycles. The van der Waals surface area contributed by atoms with Crippen LogP contribution in [0.15, 0.2) is 12.1 Å². The number of carbonyl (C=O) groups excluding carboxylic acids is 1. The maximum Gasteiger partial charge on any atom is 0.326 e. The number of benzene rings is 1. The Morgan fingerprint density at radius 1 is 1.22 bits per heavy atom. The van der Waals surface area contributed by atoms with Crippen LogP contribution in [0.4, 0.5) is 0 Å². The van der Waals surface area contributed by atoms with E-state index in [1.165, 1.54) is 11.3 Å². The predicted octanol–water partition coefficient (Wildman–Crippen LogP) is 4.37. The van der Waals surface area contributed by atoms with Crippen LogP contribution in [-0.4, -0.2) is 27.9 Å². The highest BCUT2D eigenvalue weighted by Gasteiger charge is 2.38. The summed E-state index contributed by atoms with van der Waals surface area (Å²) in [5.41, 5.74) is 1.22. The van der Waals surface area contributed by atoms with Crippen LogP contribution in [0, 0.1) is 5.92 Å². The van der Waals surface area contributed by atoms with E-state index in [9.17, 15) is 14.7 Å². The zero-order chi connectivity index (χ0) is 16.6. The normalized spacial score (nSPS) is 19.7. The van der Waals surface area contributed by atoms with Gasteiger partial charge in [-0.15, -0.1) is 0 Å². The molecule has 1 atom stereocenters. The van der Waals surface area contributed by atoms with E-state index in [-0.39, 0.29) is 12.5 Å². The number of carboxylic acid groups (broad SMARTS) is 1. The summed E-state index contributed by atoms with van der Waals surface area (Å²) >= 11 is 12.0. The lowest BCUT2D eigenvalue weighted by molar-refractivity contribution is -0.143. The Bertz CT molecular complexity index is 641. The molecule has 0 saturated heterocycles. The predicted molar refractivity (Wildman–Crippen MR) is 89.0 cm³/mol. The fourth-order valence-electron chi connectivity index (χ4n) is 3.68. The second-order valence-corrected chi connectivity index (χ2v) is 7.26. The van der Waals surface area contributed by atoms with Crippen molar-refractivity contribution in [1.82, 2.24) is 4.90 Å². The van der Waals surface area contributed by atoms with E-state index in [0.717, 1.165) is 31.2 Å². The molecular formula is C17H19Cl2NO3. The molecule has 124 valence electrons. The number of fused-ring (bicyclic) bond motifs is 1. The molecular weight excluding hydrogens is 337 g/mol. The summed E-state index contributed by atoms with van der Waals surface area (Å²) in [5, 5.41) is 10.3. The van der Waals surface area contributed by atoms with Gasteiger partial charge in [0.25, 0.3) is 5.91 Å². The van der Waals surface area contributed by atoms with Gasteiger partial charge in [0.15, 0.2) is 0 Å². The van der Waals surface area contributed by atoms with Crippen LogP contribution in [0.2, 0.25) is 10.0 Å². The van der Waals surface area contributed by atoms with Crippen molar-refractivity contribution < 1.29 is 14.7 Å². The summed E-state index contributed by atoms with van der Waals surface area (Å²) in [4.78, 5) is 25.8. The van der Waals surface area contributed by atoms with Crippen LogP contribution < -0.4 is 0 Å². The summed E-state index contributed by atoms with van der Waals surface area (Å²) in [6.45, 7) is 0.286. The minimum absolute atomic E-state index is 0.262. The van der Waals surface area contributed by atoms with Gasteiger partial charge >= 0.3 is 5.97 Å². The highest BCUT2D eigenvalue weighted by atomic mass is 35.5. The molecule has 1 aromatic rings. The van der Waals surface area contributed by atoms with Crippen molar-refractivity contribution in [2.24, 2.45) is 5.92 Å². The zero-order valence-electron chi connectivity index (χ0n) is 12.7. The summed E-state index contributed by atoms with van der Waals surface area (Å²) in [6.07, 6.45) is 6.15. The summed E-state index contributed by atoms with van der Waals surface area (Å²) in [5.74, 6) is -0.816. The molecule has 1 aliphatic carbocycles. The van der Waals surface area contributed by atoms with Crippen molar-refractivity contribution in [3.8, 4) is 0 Å². The van der Waals surface area contributed by atoms with E-state index < -0.39 is 12.0 Å². The number of nitrogens with zero attached hydrogens (tertiary/aromatic N) is 1. The van der Waals surface area contributed by atoms with E-state index in [1.807, 2.05) is 0 Å². The molecule has 1 aliphatic heterocycles. The van der Waals surface area contributed by atoms with E-state index >= 15 is 0 Å². The van der Waals surface area contributed by atoms with Crippen molar-refractivity contribution in [3.63, 3.8) is 0 Å². The first kappa shape index (κ1) is 16.6. The first-order chi connectivity index (χ1) is 11.0. The molecule has 0 radical (unpaired) electrons. The average molecular weight is 356 g/mol. The molecule has 1 fully saturated rings. The molecule has 2 aliphatic rings. The number of rotatable bonds is 4. The van der Waals surface area contributed by atoms with Crippen LogP contribution in [0.3, 0.4) is 0 Å². The molecule has 1 heterocycles. The van der Waals surface area contributed by atoms with Crippen molar-refractivity contribution in [1.29, 1.82) is 0 Å². The Kier molecular flexibility index (Phi) is 4.83. The van der Waals surface area contributed by atoms with Crippen LogP contribution >= 0.6 is 23.2 Å². The highest BCUT2D eigenvalue weighted by Crippen LogP contribution is 2.35. The minimum Gasteiger partial charge on any atom is -0.480 e. The zero-order valence-corrected chi connectivity index (χ0v) is 14.2. The number of hydrogen-bond acceptors (Lipinski definition) is 2. The third-order valence-electron chi connectivity index (χ3n) is 4.92. The molecule has 6 heteroatoms. The van der Waals surface area contributed by atoms with Gasteiger partial charge in [-0.3, -0.25) is 4.79 Å². The van der Waals surface area contributed by atoms with Gasteiger partial charge in [-0.1, -0.05) is 55.3 Å². The fourth-order valence-corrected chi connectivity index (χ4v) is 4.03. The number of halogens is 2. The van der Waals surface area contributed by atoms with Gasteiger partial charge in [-0.25, -0.2) is 4.79 Å². The average Bonchev–Trinajstić information content (AvgIpc) is 2.83. The van der Waals surface area contributed by atoms with Gasteiger partial charge in [0.05, 0.1) is 10.0 Å². The molecule has 4 nitrogen and oxygen atoms in total. The van der Waals surface area contributed by atoms with E-state index in [2.05, 4.69) is 0 Å². The van der Waals surface area contributed by atoms with E-state index in [4.69, 9.17) is 23.2 Å². The van der Waals surface area contributed by atoms with Crippen molar-refractivity contribution in [2.75, 3.05) is 0 Å². The Morgan fingerprint density at radius 3 is 2.52 bits per heavy atom. The molecule has 1 amide bonds. The molecule has 1 N–H and O–H groups in total. The largest absolute Gasteiger partial charge is 0.480 e. The van der Waals surface area contributed by atoms with Gasteiger partial charge in [0.1, 0.15) is 6.04 Å². The standard InChI is InChI=1S/C17H19Cl2NO3/c18-13-7-11-9-20(16(21)12(11)8-14(13)19)15(17(22)23)6-10-4-2-1-3-5-10/h7-8,10,15H,1-6,9H2,(H,22,23)/t15-/m0/s1. The summed E-state index contributed by atoms with van der Waals surface area (Å²) < 4.78 is 0. The quantitative estimate of drug-likeness (QED) is 0.871. The molecule has 3 rings (SSSR count). The molecule has 23 heavy (non-hydrogen) atoms. The van der Waals surface area contributed by atoms with E-state index in [0.29, 0.717) is 27.9 Å². The Labute approximate surface area is 145 Å². The van der Waals surface area contributed by atoms with Crippen molar-refractivity contribution in [2.45, 2.75) is 51.1 Å². The first-order valence-electron chi connectivity index (χ1n) is 7.99. The minimum atomic E-state index is -0.936. The SMILES string of the molecule is O=C(O)[C@H](CC1CCCCC1)N1Cc2cc(Cl)c(Cl)cc2C1=O. The smallest absolute Gasteiger partial charge is 0.326 e. The van der Waals surface area contributed by atoms with Gasteiger partial charge in [0.2, 0.25) is 0 Å². The van der Waals surface area contributed by atoms with Crippen molar-refractivity contribution in [3.05, 3.63) is 33.3 Å². The van der Waals surface area contributed by atoms with Crippen LogP contribution in [0.25, 0.3) is 0 Å². The lowest BCUT2D eigenvalue weighted by Gasteiger charge is -2.29. The van der Waals surface area contributed by atoms with Crippen LogP contribution in [0.1, 0.15) is 54.4 Å². The Hall–Kier alpha value is -1.26. The second kappa shape index (κ2) is 6.70. The Balaban J connectivity index is 1.81. The third-order valence-corrected chi connectivity index (χ3v) is 5.64. The number of carbonyl (C=O) groups is 2. The number of amides is 1. The molecule has 0 unspecified atom stereocenters. The number of hydrogen-bond donors (Lipinski definition) is 1. The van der Waals surface area contributed by atoms with Gasteiger partial charge in [-0.2, -0.15) is 0 Å². The van der Waals surface area contributed by atoms with E-state index in [1.54, 1.807) is 12.1 Å². The highest BCUT2D eigenvalue weighted by molar-refractivity contribution is 6.42. The summed E-state index contributed by atoms with van der Waals surface area (Å²) in [7, 11) is 0. The maximum absolute atomic E-state index is 12.6. The molecule has 0 spiro atoms. The topological polar surface area (TPSA) is 57.6 Å². The van der Waals surface area contributed by atoms with Crippen LogP contribution in [0.5, 0.6) is 0 Å². The Morgan fingerprint density at radius 2 is 1.87 bits per heavy atom. The fraction of sp³-hybridized carbons (Fsp3) is 0.529. The lowest BCUT2D eigenvalue weighted by atomic mass is 9.84. The van der Waals surface area contributed by atoms with Crippen molar-refractivity contribution >= 4 is 35.1 Å². The van der Waals surface area contributed by atoms with Crippen LogP contribution in [-0.2, 0) is 11.3 Å². The molecule has 0 bridgehead atoms. The third kappa shape index (κ3) is 3.33. The number of aliphatic carboxylic acids is 1. The monoisotopic (exact) mass is 355 g/mol. The van der Waals surface area contributed by atoms with Gasteiger partial charge < -0.3 is 10.0 Å². The summed E-state index contributed by atoms with van der Waals surface area (Å²) in [6, 6.07) is 2.42. The number of carboxylic acids is 1. The maximum atomic E-state index is 12.6. The van der Waals surface area contributed by atoms with Gasteiger partial charge in [-0.05, 0) is 30.0 Å². The first-order valence-corrected chi connectivity index (χ1v) is 8.74. The second-order valence-electron chi connectivity index (χ2n) is 6.45.